The van der Waals surface area contributed by atoms with Crippen LogP contribution in [0.25, 0.3) is 0 Å². The van der Waals surface area contributed by atoms with E-state index in [0.717, 1.165) is 12.1 Å². The summed E-state index contributed by atoms with van der Waals surface area (Å²) >= 11 is 0. The Kier molecular flexibility index (Phi) is 5.49. The normalized spacial score (nSPS) is 11.9. The van der Waals surface area contributed by atoms with Gasteiger partial charge in [-0.1, -0.05) is 0 Å². The first-order valence-corrected chi connectivity index (χ1v) is 5.37. The number of hydrogen-bond acceptors (Lipinski definition) is 4. The van der Waals surface area contributed by atoms with Gasteiger partial charge >= 0.3 is 0 Å². The lowest BCUT2D eigenvalue weighted by Gasteiger charge is -2.19. The van der Waals surface area contributed by atoms with Crippen LogP contribution in [0.1, 0.15) is 12.0 Å². The molecule has 1 unspecified atom stereocenters. The van der Waals surface area contributed by atoms with E-state index in [2.05, 4.69) is 5.32 Å². The summed E-state index contributed by atoms with van der Waals surface area (Å²) in [5.74, 6) is -1.68. The number of hydrogen-bond donors (Lipinski definition) is 2. The summed E-state index contributed by atoms with van der Waals surface area (Å²) in [5, 5.41) is 20.0. The van der Waals surface area contributed by atoms with Crippen molar-refractivity contribution in [3.05, 3.63) is 29.3 Å². The average molecular weight is 256 g/mol. The van der Waals surface area contributed by atoms with E-state index in [4.69, 9.17) is 15.1 Å². The quantitative estimate of drug-likeness (QED) is 0.812. The smallest absolute Gasteiger partial charge is 0.150 e. The molecule has 1 aromatic rings. The standard InChI is InChI=1S/C12H14F2N2O2/c1-18-7-9(2-3-17)16-12-10(13)4-8(6-15)5-11(12)14/h4-5,9,16-17H,2-3,7H2,1H3. The second-order valence-corrected chi connectivity index (χ2v) is 3.74. The van der Waals surface area contributed by atoms with Gasteiger partial charge in [-0.3, -0.25) is 0 Å². The molecule has 1 rings (SSSR count). The molecular weight excluding hydrogens is 242 g/mol. The van der Waals surface area contributed by atoms with E-state index in [1.54, 1.807) is 6.07 Å². The number of nitriles is 1. The van der Waals surface area contributed by atoms with Crippen LogP contribution in [-0.4, -0.2) is 31.5 Å². The number of ether oxygens (including phenoxy) is 1. The number of aliphatic hydroxyl groups is 1. The van der Waals surface area contributed by atoms with Crippen molar-refractivity contribution in [2.75, 3.05) is 25.6 Å². The fraction of sp³-hybridized carbons (Fsp3) is 0.417. The van der Waals surface area contributed by atoms with Crippen molar-refractivity contribution < 1.29 is 18.6 Å². The molecule has 2 N–H and O–H groups in total. The number of methoxy groups -OCH3 is 1. The average Bonchev–Trinajstić information content (AvgIpc) is 2.33. The van der Waals surface area contributed by atoms with Crippen molar-refractivity contribution in [2.24, 2.45) is 0 Å². The number of halogens is 2. The summed E-state index contributed by atoms with van der Waals surface area (Å²) in [4.78, 5) is 0. The van der Waals surface area contributed by atoms with Gasteiger partial charge in [0.15, 0.2) is 11.6 Å². The maximum absolute atomic E-state index is 13.6. The van der Waals surface area contributed by atoms with Crippen LogP contribution in [0.5, 0.6) is 0 Å². The largest absolute Gasteiger partial charge is 0.396 e. The Labute approximate surface area is 104 Å². The van der Waals surface area contributed by atoms with Gasteiger partial charge in [-0.15, -0.1) is 0 Å². The van der Waals surface area contributed by atoms with Crippen molar-refractivity contribution in [3.63, 3.8) is 0 Å². The van der Waals surface area contributed by atoms with Crippen molar-refractivity contribution in [1.82, 2.24) is 0 Å². The molecule has 0 bridgehead atoms. The molecule has 0 spiro atoms. The second-order valence-electron chi connectivity index (χ2n) is 3.74. The monoisotopic (exact) mass is 256 g/mol. The van der Waals surface area contributed by atoms with Crippen LogP contribution < -0.4 is 5.32 Å². The van der Waals surface area contributed by atoms with Crippen molar-refractivity contribution in [1.29, 1.82) is 5.26 Å². The molecule has 1 atom stereocenters. The van der Waals surface area contributed by atoms with Crippen LogP contribution in [0, 0.1) is 23.0 Å². The van der Waals surface area contributed by atoms with Gasteiger partial charge in [-0.25, -0.2) is 8.78 Å². The predicted molar refractivity (Wildman–Crippen MR) is 62.1 cm³/mol. The van der Waals surface area contributed by atoms with Crippen molar-refractivity contribution in [3.8, 4) is 6.07 Å². The first-order chi connectivity index (χ1) is 8.62. The number of aliphatic hydroxyl groups excluding tert-OH is 1. The lowest BCUT2D eigenvalue weighted by molar-refractivity contribution is 0.170. The number of benzene rings is 1. The molecule has 0 aliphatic rings. The molecule has 0 aromatic heterocycles. The lowest BCUT2D eigenvalue weighted by Crippen LogP contribution is -2.27. The third-order valence-electron chi connectivity index (χ3n) is 2.37. The predicted octanol–water partition coefficient (Wildman–Crippen LogP) is 1.65. The number of anilines is 1. The molecule has 0 saturated heterocycles. The van der Waals surface area contributed by atoms with Crippen molar-refractivity contribution in [2.45, 2.75) is 12.5 Å². The summed E-state index contributed by atoms with van der Waals surface area (Å²) < 4.78 is 32.0. The van der Waals surface area contributed by atoms with Crippen LogP contribution in [0.4, 0.5) is 14.5 Å². The van der Waals surface area contributed by atoms with E-state index in [1.165, 1.54) is 7.11 Å². The summed E-state index contributed by atoms with van der Waals surface area (Å²) in [6.07, 6.45) is 0.298. The van der Waals surface area contributed by atoms with E-state index < -0.39 is 17.7 Å². The molecule has 0 heterocycles. The van der Waals surface area contributed by atoms with E-state index in [1.807, 2.05) is 0 Å². The van der Waals surface area contributed by atoms with Crippen LogP contribution in [0.15, 0.2) is 12.1 Å². The van der Waals surface area contributed by atoms with Gasteiger partial charge in [-0.05, 0) is 18.6 Å². The van der Waals surface area contributed by atoms with E-state index >= 15 is 0 Å². The summed E-state index contributed by atoms with van der Waals surface area (Å²) in [6.45, 7) is 0.0833. The molecule has 0 saturated carbocycles. The Morgan fingerprint density at radius 1 is 1.44 bits per heavy atom. The highest BCUT2D eigenvalue weighted by atomic mass is 19.1. The fourth-order valence-electron chi connectivity index (χ4n) is 1.53. The summed E-state index contributed by atoms with van der Waals surface area (Å²) in [7, 11) is 1.46. The Morgan fingerprint density at radius 3 is 2.50 bits per heavy atom. The first-order valence-electron chi connectivity index (χ1n) is 5.37. The van der Waals surface area contributed by atoms with Gasteiger partial charge in [0.25, 0.3) is 0 Å². The maximum atomic E-state index is 13.6. The van der Waals surface area contributed by atoms with Crippen molar-refractivity contribution >= 4 is 5.69 Å². The molecular formula is C12H14F2N2O2. The van der Waals surface area contributed by atoms with Gasteiger partial charge in [-0.2, -0.15) is 5.26 Å². The Balaban J connectivity index is 2.92. The first kappa shape index (κ1) is 14.4. The van der Waals surface area contributed by atoms with Gasteiger partial charge in [0.05, 0.1) is 24.3 Å². The zero-order chi connectivity index (χ0) is 13.5. The lowest BCUT2D eigenvalue weighted by atomic mass is 10.1. The molecule has 0 radical (unpaired) electrons. The molecule has 0 aliphatic carbocycles. The molecule has 4 nitrogen and oxygen atoms in total. The number of nitrogens with zero attached hydrogens (tertiary/aromatic N) is 1. The molecule has 0 fully saturated rings. The highest BCUT2D eigenvalue weighted by molar-refractivity contribution is 5.51. The third-order valence-corrected chi connectivity index (χ3v) is 2.37. The van der Waals surface area contributed by atoms with Crippen LogP contribution >= 0.6 is 0 Å². The highest BCUT2D eigenvalue weighted by Gasteiger charge is 2.15. The van der Waals surface area contributed by atoms with E-state index in [0.29, 0.717) is 6.42 Å². The topological polar surface area (TPSA) is 65.3 Å². The minimum atomic E-state index is -0.842. The molecule has 0 amide bonds. The Morgan fingerprint density at radius 2 is 2.06 bits per heavy atom. The maximum Gasteiger partial charge on any atom is 0.150 e. The molecule has 98 valence electrons. The van der Waals surface area contributed by atoms with Gasteiger partial charge < -0.3 is 15.2 Å². The fourth-order valence-corrected chi connectivity index (χ4v) is 1.53. The number of rotatable bonds is 6. The van der Waals surface area contributed by atoms with E-state index in [9.17, 15) is 8.78 Å². The van der Waals surface area contributed by atoms with Gasteiger partial charge in [0, 0.05) is 13.7 Å². The molecule has 0 aliphatic heterocycles. The zero-order valence-electron chi connectivity index (χ0n) is 9.91. The zero-order valence-corrected chi connectivity index (χ0v) is 9.91. The van der Waals surface area contributed by atoms with E-state index in [-0.39, 0.29) is 24.5 Å². The molecule has 6 heteroatoms. The summed E-state index contributed by atoms with van der Waals surface area (Å²) in [6, 6.07) is 3.17. The molecule has 18 heavy (non-hydrogen) atoms. The van der Waals surface area contributed by atoms with Crippen LogP contribution in [0.2, 0.25) is 0 Å². The van der Waals surface area contributed by atoms with Gasteiger partial charge in [0.1, 0.15) is 5.69 Å². The third kappa shape index (κ3) is 3.65. The van der Waals surface area contributed by atoms with Crippen LogP contribution in [0.3, 0.4) is 0 Å². The summed E-state index contributed by atoms with van der Waals surface area (Å²) in [5.41, 5.74) is -0.398. The Hall–Kier alpha value is -1.71. The second kappa shape index (κ2) is 6.89. The highest BCUT2D eigenvalue weighted by Crippen LogP contribution is 2.21. The van der Waals surface area contributed by atoms with Gasteiger partial charge in [0.2, 0.25) is 0 Å². The Bertz CT molecular complexity index is 417. The molecule has 1 aromatic carbocycles. The minimum Gasteiger partial charge on any atom is -0.396 e. The SMILES string of the molecule is COCC(CCO)Nc1c(F)cc(C#N)cc1F. The number of nitrogens with one attached hydrogen (secondary N) is 1. The minimum absolute atomic E-state index is 0.0824. The van der Waals surface area contributed by atoms with Crippen LogP contribution in [-0.2, 0) is 4.74 Å².